The number of benzene rings is 2. The molecule has 2 aromatic rings. The summed E-state index contributed by atoms with van der Waals surface area (Å²) in [6.45, 7) is 3.19. The zero-order chi connectivity index (χ0) is 12.8. The number of rotatable bonds is 5. The lowest BCUT2D eigenvalue weighted by molar-refractivity contribution is 0.575. The van der Waals surface area contributed by atoms with Crippen molar-refractivity contribution >= 4 is 15.9 Å². The third kappa shape index (κ3) is 3.69. The molecule has 2 aromatic carbocycles. The summed E-state index contributed by atoms with van der Waals surface area (Å²) in [6.07, 6.45) is 1.07. The van der Waals surface area contributed by atoms with Gasteiger partial charge in [-0.2, -0.15) is 0 Å². The Bertz CT molecular complexity index is 481. The molecule has 0 aromatic heterocycles. The maximum Gasteiger partial charge on any atom is 0.0303 e. The van der Waals surface area contributed by atoms with Crippen LogP contribution in [0.3, 0.4) is 0 Å². The van der Waals surface area contributed by atoms with Gasteiger partial charge in [0.15, 0.2) is 0 Å². The van der Waals surface area contributed by atoms with Gasteiger partial charge in [0.1, 0.15) is 0 Å². The van der Waals surface area contributed by atoms with E-state index in [0.717, 1.165) is 13.0 Å². The van der Waals surface area contributed by atoms with Gasteiger partial charge in [-0.3, -0.25) is 0 Å². The Kier molecular flexibility index (Phi) is 4.97. The maximum atomic E-state index is 3.59. The molecule has 1 nitrogen and oxygen atoms in total. The van der Waals surface area contributed by atoms with E-state index in [1.54, 1.807) is 0 Å². The predicted molar refractivity (Wildman–Crippen MR) is 80.7 cm³/mol. The van der Waals surface area contributed by atoms with Gasteiger partial charge in [-0.25, -0.2) is 0 Å². The van der Waals surface area contributed by atoms with Gasteiger partial charge in [0.05, 0.1) is 0 Å². The lowest BCUT2D eigenvalue weighted by atomic mass is 10.1. The molecular formula is C16H18BrN. The number of nitrogens with one attached hydrogen (secondary N) is 1. The van der Waals surface area contributed by atoms with Gasteiger partial charge in [0.25, 0.3) is 0 Å². The first-order valence-corrected chi connectivity index (χ1v) is 7.08. The second kappa shape index (κ2) is 6.72. The van der Waals surface area contributed by atoms with Crippen molar-refractivity contribution in [2.75, 3.05) is 6.54 Å². The zero-order valence-electron chi connectivity index (χ0n) is 10.6. The number of hydrogen-bond acceptors (Lipinski definition) is 1. The second-order valence-electron chi connectivity index (χ2n) is 4.43. The summed E-state index contributed by atoms with van der Waals surface area (Å²) in [7, 11) is 0. The largest absolute Gasteiger partial charge is 0.310 e. The quantitative estimate of drug-likeness (QED) is 0.866. The van der Waals surface area contributed by atoms with Gasteiger partial charge in [-0.1, -0.05) is 64.5 Å². The molecule has 0 bridgehead atoms. The molecule has 0 heterocycles. The summed E-state index contributed by atoms with van der Waals surface area (Å²) < 4.78 is 1.17. The van der Waals surface area contributed by atoms with Crippen molar-refractivity contribution < 1.29 is 0 Å². The van der Waals surface area contributed by atoms with E-state index in [0.29, 0.717) is 6.04 Å². The Hall–Kier alpha value is -1.12. The fourth-order valence-corrected chi connectivity index (χ4v) is 2.64. The van der Waals surface area contributed by atoms with Crippen molar-refractivity contribution in [3.05, 3.63) is 70.2 Å². The van der Waals surface area contributed by atoms with Crippen LogP contribution in [-0.4, -0.2) is 6.54 Å². The molecule has 18 heavy (non-hydrogen) atoms. The van der Waals surface area contributed by atoms with E-state index in [2.05, 4.69) is 76.7 Å². The average molecular weight is 304 g/mol. The fraction of sp³-hybridized carbons (Fsp3) is 0.250. The minimum Gasteiger partial charge on any atom is -0.310 e. The molecule has 1 N–H and O–H groups in total. The minimum absolute atomic E-state index is 0.365. The average Bonchev–Trinajstić information content (AvgIpc) is 2.40. The Labute approximate surface area is 117 Å². The van der Waals surface area contributed by atoms with E-state index in [-0.39, 0.29) is 0 Å². The first-order valence-electron chi connectivity index (χ1n) is 6.29. The summed E-state index contributed by atoms with van der Waals surface area (Å²) >= 11 is 3.59. The number of halogens is 1. The van der Waals surface area contributed by atoms with E-state index in [9.17, 15) is 0 Å². The van der Waals surface area contributed by atoms with E-state index >= 15 is 0 Å². The highest BCUT2D eigenvalue weighted by molar-refractivity contribution is 9.10. The first kappa shape index (κ1) is 13.3. The molecule has 0 aliphatic carbocycles. The number of hydrogen-bond donors (Lipinski definition) is 1. The van der Waals surface area contributed by atoms with Gasteiger partial charge in [-0.05, 0) is 37.1 Å². The highest BCUT2D eigenvalue weighted by atomic mass is 79.9. The van der Waals surface area contributed by atoms with Crippen LogP contribution in [-0.2, 0) is 6.42 Å². The SMILES string of the molecule is C[C@H](NCCc1ccccc1)c1ccccc1Br. The molecule has 0 unspecified atom stereocenters. The van der Waals surface area contributed by atoms with Crippen LogP contribution in [0.15, 0.2) is 59.1 Å². The standard InChI is InChI=1S/C16H18BrN/c1-13(15-9-5-6-10-16(15)17)18-12-11-14-7-3-2-4-8-14/h2-10,13,18H,11-12H2,1H3/t13-/m0/s1. The van der Waals surface area contributed by atoms with Gasteiger partial charge >= 0.3 is 0 Å². The molecular weight excluding hydrogens is 286 g/mol. The van der Waals surface area contributed by atoms with E-state index in [1.807, 2.05) is 6.07 Å². The Morgan fingerprint density at radius 1 is 1.00 bits per heavy atom. The smallest absolute Gasteiger partial charge is 0.0303 e. The molecule has 2 rings (SSSR count). The first-order chi connectivity index (χ1) is 8.77. The van der Waals surface area contributed by atoms with Gasteiger partial charge in [0, 0.05) is 10.5 Å². The summed E-state index contributed by atoms with van der Waals surface area (Å²) in [4.78, 5) is 0. The topological polar surface area (TPSA) is 12.0 Å². The van der Waals surface area contributed by atoms with Crippen molar-refractivity contribution in [3.63, 3.8) is 0 Å². The molecule has 0 spiro atoms. The van der Waals surface area contributed by atoms with E-state index in [1.165, 1.54) is 15.6 Å². The lowest BCUT2D eigenvalue weighted by Crippen LogP contribution is -2.21. The molecule has 0 radical (unpaired) electrons. The monoisotopic (exact) mass is 303 g/mol. The van der Waals surface area contributed by atoms with Crippen LogP contribution in [0.1, 0.15) is 24.1 Å². The minimum atomic E-state index is 0.365. The molecule has 1 atom stereocenters. The maximum absolute atomic E-state index is 3.59. The van der Waals surface area contributed by atoms with Crippen LogP contribution < -0.4 is 5.32 Å². The summed E-state index contributed by atoms with van der Waals surface area (Å²) in [5, 5.41) is 3.56. The molecule has 0 fully saturated rings. The van der Waals surface area contributed by atoms with Crippen molar-refractivity contribution in [3.8, 4) is 0 Å². The van der Waals surface area contributed by atoms with Crippen LogP contribution in [0.5, 0.6) is 0 Å². The molecule has 0 aliphatic heterocycles. The van der Waals surface area contributed by atoms with Gasteiger partial charge < -0.3 is 5.32 Å². The third-order valence-corrected chi connectivity index (χ3v) is 3.80. The van der Waals surface area contributed by atoms with Crippen molar-refractivity contribution in [1.82, 2.24) is 5.32 Å². The van der Waals surface area contributed by atoms with Crippen LogP contribution in [0.25, 0.3) is 0 Å². The molecule has 0 aliphatic rings. The molecule has 94 valence electrons. The Morgan fingerprint density at radius 3 is 2.39 bits per heavy atom. The fourth-order valence-electron chi connectivity index (χ4n) is 2.01. The summed E-state index contributed by atoms with van der Waals surface area (Å²) in [6, 6.07) is 19.3. The van der Waals surface area contributed by atoms with Crippen LogP contribution in [0.2, 0.25) is 0 Å². The van der Waals surface area contributed by atoms with Crippen molar-refractivity contribution in [2.45, 2.75) is 19.4 Å². The molecule has 2 heteroatoms. The van der Waals surface area contributed by atoms with Crippen molar-refractivity contribution in [2.24, 2.45) is 0 Å². The molecule has 0 saturated heterocycles. The summed E-state index contributed by atoms with van der Waals surface area (Å²) in [5.41, 5.74) is 2.69. The van der Waals surface area contributed by atoms with Crippen molar-refractivity contribution in [1.29, 1.82) is 0 Å². The normalized spacial score (nSPS) is 12.3. The van der Waals surface area contributed by atoms with Gasteiger partial charge in [-0.15, -0.1) is 0 Å². The molecule has 0 saturated carbocycles. The van der Waals surface area contributed by atoms with Crippen LogP contribution in [0, 0.1) is 0 Å². The predicted octanol–water partition coefficient (Wildman–Crippen LogP) is 4.34. The third-order valence-electron chi connectivity index (χ3n) is 3.08. The van der Waals surface area contributed by atoms with Crippen LogP contribution in [0.4, 0.5) is 0 Å². The Balaban J connectivity index is 1.86. The summed E-state index contributed by atoms with van der Waals surface area (Å²) in [5.74, 6) is 0. The Morgan fingerprint density at radius 2 is 1.67 bits per heavy atom. The zero-order valence-corrected chi connectivity index (χ0v) is 12.2. The highest BCUT2D eigenvalue weighted by Crippen LogP contribution is 2.22. The van der Waals surface area contributed by atoms with Gasteiger partial charge in [0.2, 0.25) is 0 Å². The molecule has 0 amide bonds. The van der Waals surface area contributed by atoms with Crippen LogP contribution >= 0.6 is 15.9 Å². The second-order valence-corrected chi connectivity index (χ2v) is 5.29. The lowest BCUT2D eigenvalue weighted by Gasteiger charge is -2.15. The highest BCUT2D eigenvalue weighted by Gasteiger charge is 2.07. The van der Waals surface area contributed by atoms with E-state index < -0.39 is 0 Å². The van der Waals surface area contributed by atoms with E-state index in [4.69, 9.17) is 0 Å².